The average molecular weight is 397 g/mol. The predicted molar refractivity (Wildman–Crippen MR) is 116 cm³/mol. The summed E-state index contributed by atoms with van der Waals surface area (Å²) < 4.78 is 5.45. The summed E-state index contributed by atoms with van der Waals surface area (Å²) >= 11 is 0. The molecule has 4 aliphatic carbocycles. The Bertz CT molecular complexity index is 811. The van der Waals surface area contributed by atoms with Gasteiger partial charge in [-0.3, -0.25) is 0 Å². The summed E-state index contributed by atoms with van der Waals surface area (Å²) in [4.78, 5) is 0. The van der Waals surface area contributed by atoms with Crippen molar-refractivity contribution in [2.24, 2.45) is 56.2 Å². The molecule has 4 saturated carbocycles. The number of hydrogen-bond acceptors (Lipinski definition) is 3. The van der Waals surface area contributed by atoms with Gasteiger partial charge < -0.3 is 15.9 Å². The van der Waals surface area contributed by atoms with Crippen LogP contribution in [-0.2, 0) is 0 Å². The zero-order chi connectivity index (χ0) is 20.2. The maximum atomic E-state index is 5.48. The van der Waals surface area contributed by atoms with Gasteiger partial charge >= 0.3 is 0 Å². The molecule has 0 aliphatic heterocycles. The Kier molecular flexibility index (Phi) is 4.56. The van der Waals surface area contributed by atoms with E-state index in [0.29, 0.717) is 16.7 Å². The first-order chi connectivity index (χ1) is 13.9. The van der Waals surface area contributed by atoms with E-state index in [1.807, 2.05) is 12.5 Å². The van der Waals surface area contributed by atoms with Gasteiger partial charge in [0.05, 0.1) is 12.5 Å². The molecule has 0 saturated heterocycles. The molecule has 1 heterocycles. The Hall–Kier alpha value is -1.78. The van der Waals surface area contributed by atoms with Crippen LogP contribution >= 0.6 is 0 Å². The van der Waals surface area contributed by atoms with Crippen molar-refractivity contribution >= 4 is 11.7 Å². The quantitative estimate of drug-likeness (QED) is 0.417. The Morgan fingerprint density at radius 3 is 2.62 bits per heavy atom. The second-order valence-electron chi connectivity index (χ2n) is 10.8. The molecule has 4 fully saturated rings. The first-order valence-electron chi connectivity index (χ1n) is 11.6. The van der Waals surface area contributed by atoms with Crippen molar-refractivity contribution < 1.29 is 4.42 Å². The monoisotopic (exact) mass is 396 g/mol. The lowest BCUT2D eigenvalue weighted by Crippen LogP contribution is -2.53. The van der Waals surface area contributed by atoms with Crippen LogP contribution in [0.2, 0.25) is 0 Å². The lowest BCUT2D eigenvalue weighted by atomic mass is 9.44. The lowest BCUT2D eigenvalue weighted by Gasteiger charge is -2.60. The molecule has 4 N–H and O–H groups in total. The fourth-order valence-corrected chi connectivity index (χ4v) is 8.30. The van der Waals surface area contributed by atoms with Gasteiger partial charge in [-0.15, -0.1) is 5.10 Å². The first-order valence-corrected chi connectivity index (χ1v) is 11.6. The third-order valence-corrected chi connectivity index (χ3v) is 9.75. The van der Waals surface area contributed by atoms with Crippen LogP contribution in [0.3, 0.4) is 0 Å². The Morgan fingerprint density at radius 2 is 1.86 bits per heavy atom. The van der Waals surface area contributed by atoms with Crippen molar-refractivity contribution in [1.29, 1.82) is 0 Å². The molecule has 5 rings (SSSR count). The van der Waals surface area contributed by atoms with Gasteiger partial charge in [-0.2, -0.15) is 5.10 Å². The molecule has 7 atom stereocenters. The lowest BCUT2D eigenvalue weighted by molar-refractivity contribution is -0.0950. The van der Waals surface area contributed by atoms with Gasteiger partial charge in [-0.25, -0.2) is 0 Å². The Labute approximate surface area is 174 Å². The molecule has 0 aromatic carbocycles. The van der Waals surface area contributed by atoms with Crippen LogP contribution in [-0.4, -0.2) is 11.7 Å². The molecule has 0 amide bonds. The highest BCUT2D eigenvalue weighted by molar-refractivity contribution is 5.86. The van der Waals surface area contributed by atoms with Gasteiger partial charge in [-0.1, -0.05) is 13.8 Å². The third-order valence-electron chi connectivity index (χ3n) is 9.75. The zero-order valence-corrected chi connectivity index (χ0v) is 17.9. The molecule has 5 heteroatoms. The van der Waals surface area contributed by atoms with Gasteiger partial charge in [0.15, 0.2) is 0 Å². The van der Waals surface area contributed by atoms with E-state index in [-0.39, 0.29) is 5.96 Å². The standard InChI is InChI=1S/C24H36N4O/c1-23-10-7-17(27-28-22(25)26)13-16(23)3-4-18-20-6-5-19(15-9-12-29-14-15)24(20,2)11-8-21(18)23/h9,12,14,16,18-21H,3-8,10-11,13H2,1-2H3,(H4,25,26,28)/t16-,18+,19-,20-,21+,23+,24-/m1/s1. The number of hydrogen-bond donors (Lipinski definition) is 2. The van der Waals surface area contributed by atoms with E-state index in [4.69, 9.17) is 15.9 Å². The molecule has 0 spiro atoms. The summed E-state index contributed by atoms with van der Waals surface area (Å²) in [6, 6.07) is 2.21. The van der Waals surface area contributed by atoms with Gasteiger partial charge in [0.2, 0.25) is 5.96 Å². The molecule has 1 aromatic rings. The minimum atomic E-state index is 0.0644. The summed E-state index contributed by atoms with van der Waals surface area (Å²) in [6.07, 6.45) is 15.4. The number of fused-ring (bicyclic) bond motifs is 5. The van der Waals surface area contributed by atoms with Crippen LogP contribution in [0.1, 0.15) is 83.1 Å². The second-order valence-corrected chi connectivity index (χ2v) is 10.8. The maximum absolute atomic E-state index is 5.48. The predicted octanol–water partition coefficient (Wildman–Crippen LogP) is 5.04. The summed E-state index contributed by atoms with van der Waals surface area (Å²) in [5.74, 6) is 4.11. The Balaban J connectivity index is 1.37. The highest BCUT2D eigenvalue weighted by atomic mass is 16.3. The maximum Gasteiger partial charge on any atom is 0.211 e. The van der Waals surface area contributed by atoms with E-state index < -0.39 is 0 Å². The van der Waals surface area contributed by atoms with E-state index in [0.717, 1.165) is 36.5 Å². The molecule has 158 valence electrons. The van der Waals surface area contributed by atoms with E-state index in [1.165, 1.54) is 56.2 Å². The Morgan fingerprint density at radius 1 is 1.03 bits per heavy atom. The summed E-state index contributed by atoms with van der Waals surface area (Å²) in [5.41, 5.74) is 14.5. The van der Waals surface area contributed by atoms with Crippen LogP contribution in [0.4, 0.5) is 0 Å². The minimum absolute atomic E-state index is 0.0644. The number of furan rings is 1. The molecule has 0 radical (unpaired) electrons. The molecule has 5 nitrogen and oxygen atoms in total. The van der Waals surface area contributed by atoms with E-state index in [2.05, 4.69) is 30.1 Å². The van der Waals surface area contributed by atoms with Crippen molar-refractivity contribution in [3.8, 4) is 0 Å². The summed E-state index contributed by atoms with van der Waals surface area (Å²) in [6.45, 7) is 5.19. The van der Waals surface area contributed by atoms with Crippen LogP contribution in [0, 0.1) is 34.5 Å². The summed E-state index contributed by atoms with van der Waals surface area (Å²) in [5, 5.41) is 8.29. The smallest absolute Gasteiger partial charge is 0.211 e. The molecule has 0 bridgehead atoms. The van der Waals surface area contributed by atoms with Crippen LogP contribution in [0.15, 0.2) is 33.2 Å². The van der Waals surface area contributed by atoms with E-state index >= 15 is 0 Å². The molecular formula is C24H36N4O. The molecular weight excluding hydrogens is 360 g/mol. The van der Waals surface area contributed by atoms with Crippen LogP contribution < -0.4 is 11.5 Å². The molecule has 29 heavy (non-hydrogen) atoms. The van der Waals surface area contributed by atoms with Gasteiger partial charge in [0.25, 0.3) is 0 Å². The van der Waals surface area contributed by atoms with Crippen molar-refractivity contribution in [2.75, 3.05) is 0 Å². The number of guanidine groups is 1. The van der Waals surface area contributed by atoms with Gasteiger partial charge in [0.1, 0.15) is 0 Å². The zero-order valence-electron chi connectivity index (χ0n) is 17.9. The van der Waals surface area contributed by atoms with Crippen molar-refractivity contribution in [1.82, 2.24) is 0 Å². The van der Waals surface area contributed by atoms with Crippen molar-refractivity contribution in [3.63, 3.8) is 0 Å². The fourth-order valence-electron chi connectivity index (χ4n) is 8.30. The van der Waals surface area contributed by atoms with Gasteiger partial charge in [0, 0.05) is 5.71 Å². The number of nitrogens with zero attached hydrogens (tertiary/aromatic N) is 2. The number of rotatable bonds is 2. The minimum Gasteiger partial charge on any atom is -0.472 e. The molecule has 4 aliphatic rings. The number of nitrogens with two attached hydrogens (primary N) is 2. The summed E-state index contributed by atoms with van der Waals surface area (Å²) in [7, 11) is 0. The average Bonchev–Trinajstić information content (AvgIpc) is 3.33. The van der Waals surface area contributed by atoms with Gasteiger partial charge in [-0.05, 0) is 110 Å². The molecule has 0 unspecified atom stereocenters. The SMILES string of the molecule is C[C@]12CCC(=NN=C(N)N)C[C@H]1CC[C@H]1[C@H]3CC[C@H](c4ccoc4)[C@@]3(C)CC[C@@H]12. The van der Waals surface area contributed by atoms with E-state index in [9.17, 15) is 0 Å². The highest BCUT2D eigenvalue weighted by Crippen LogP contribution is 2.68. The van der Waals surface area contributed by atoms with Crippen molar-refractivity contribution in [2.45, 2.75) is 77.6 Å². The van der Waals surface area contributed by atoms with Crippen LogP contribution in [0.5, 0.6) is 0 Å². The second kappa shape index (κ2) is 6.88. The first kappa shape index (κ1) is 19.2. The normalized spacial score (nSPS) is 45.3. The molecule has 1 aromatic heterocycles. The van der Waals surface area contributed by atoms with Crippen molar-refractivity contribution in [3.05, 3.63) is 24.2 Å². The largest absolute Gasteiger partial charge is 0.472 e. The topological polar surface area (TPSA) is 89.9 Å². The highest BCUT2D eigenvalue weighted by Gasteiger charge is 2.60. The van der Waals surface area contributed by atoms with E-state index in [1.54, 1.807) is 0 Å². The third kappa shape index (κ3) is 2.95. The van der Waals surface area contributed by atoms with Crippen LogP contribution in [0.25, 0.3) is 0 Å². The fraction of sp³-hybridized carbons (Fsp3) is 0.750.